The van der Waals surface area contributed by atoms with E-state index in [9.17, 15) is 0 Å². The second kappa shape index (κ2) is 14.9. The van der Waals surface area contributed by atoms with E-state index < -0.39 is 0 Å². The molecular formula is C59H65BN2S2. The summed E-state index contributed by atoms with van der Waals surface area (Å²) in [5, 5.41) is 3.87. The van der Waals surface area contributed by atoms with Gasteiger partial charge in [0.2, 0.25) is 6.71 Å². The van der Waals surface area contributed by atoms with Crippen molar-refractivity contribution >= 4 is 79.3 Å². The molecule has 0 bridgehead atoms. The van der Waals surface area contributed by atoms with E-state index in [1.807, 2.05) is 11.3 Å². The van der Waals surface area contributed by atoms with Crippen LogP contribution in [0.2, 0.25) is 0 Å². The van der Waals surface area contributed by atoms with Crippen molar-refractivity contribution < 1.29 is 0 Å². The fourth-order valence-electron chi connectivity index (χ4n) is 11.1. The summed E-state index contributed by atoms with van der Waals surface area (Å²) < 4.78 is 1.33. The van der Waals surface area contributed by atoms with E-state index in [0.29, 0.717) is 5.92 Å². The summed E-state index contributed by atoms with van der Waals surface area (Å²) in [5.74, 6) is 0.559. The van der Waals surface area contributed by atoms with Crippen LogP contribution in [-0.4, -0.2) is 12.1 Å². The first-order valence-electron chi connectivity index (χ1n) is 23.5. The van der Waals surface area contributed by atoms with E-state index in [4.69, 9.17) is 0 Å². The molecule has 0 N–H and O–H groups in total. The maximum atomic E-state index is 2.82. The summed E-state index contributed by atoms with van der Waals surface area (Å²) in [5.41, 5.74) is 24.7. The SMILES string of the molecule is Cc1cc(C(C)(C)C)cc(C)c1N1c2cc(-c3csc4ccccc34)ccc2B2c3c1cc(C(C)C)cc3N(c1c(C)cc(C(C)(C)C)cc1C)C1Sc3ccc(C(C)(C)C)cc3C21. The molecule has 326 valence electrons. The Morgan fingerprint density at radius 2 is 1.19 bits per heavy atom. The molecule has 4 heterocycles. The van der Waals surface area contributed by atoms with Crippen molar-refractivity contribution in [1.29, 1.82) is 0 Å². The van der Waals surface area contributed by atoms with Crippen molar-refractivity contribution in [2.24, 2.45) is 0 Å². The Morgan fingerprint density at radius 3 is 1.80 bits per heavy atom. The molecule has 3 aliphatic heterocycles. The molecule has 2 unspecified atom stereocenters. The van der Waals surface area contributed by atoms with Crippen molar-refractivity contribution in [3.8, 4) is 11.1 Å². The molecule has 2 atom stereocenters. The summed E-state index contributed by atoms with van der Waals surface area (Å²) >= 11 is 3.94. The van der Waals surface area contributed by atoms with Crippen molar-refractivity contribution in [2.45, 2.75) is 142 Å². The highest BCUT2D eigenvalue weighted by atomic mass is 32.2. The molecule has 0 amide bonds. The topological polar surface area (TPSA) is 6.48 Å². The van der Waals surface area contributed by atoms with Crippen LogP contribution in [0.4, 0.5) is 28.4 Å². The largest absolute Gasteiger partial charge is 0.329 e. The molecule has 6 aromatic carbocycles. The van der Waals surface area contributed by atoms with Gasteiger partial charge in [-0.05, 0) is 152 Å². The number of thiophene rings is 1. The molecule has 0 saturated heterocycles. The van der Waals surface area contributed by atoms with Gasteiger partial charge in [-0.25, -0.2) is 0 Å². The maximum absolute atomic E-state index is 2.82. The third-order valence-electron chi connectivity index (χ3n) is 14.6. The maximum Gasteiger partial charge on any atom is 0.227 e. The van der Waals surface area contributed by atoms with E-state index in [-0.39, 0.29) is 34.1 Å². The fraction of sp³-hybridized carbons (Fsp3) is 0.356. The molecule has 3 aliphatic rings. The Hall–Kier alpha value is -4.71. The Labute approximate surface area is 392 Å². The van der Waals surface area contributed by atoms with Crippen molar-refractivity contribution in [2.75, 3.05) is 9.80 Å². The van der Waals surface area contributed by atoms with E-state index in [0.717, 1.165) is 0 Å². The monoisotopic (exact) mass is 876 g/mol. The number of hydrogen-bond donors (Lipinski definition) is 0. The summed E-state index contributed by atoms with van der Waals surface area (Å²) in [6.07, 6.45) is 0. The summed E-state index contributed by atoms with van der Waals surface area (Å²) in [7, 11) is 0. The third kappa shape index (κ3) is 6.81. The van der Waals surface area contributed by atoms with Gasteiger partial charge in [-0.2, -0.15) is 0 Å². The molecule has 2 nitrogen and oxygen atoms in total. The minimum atomic E-state index is 0.0328. The van der Waals surface area contributed by atoms with E-state index in [1.54, 1.807) is 0 Å². The minimum Gasteiger partial charge on any atom is -0.329 e. The van der Waals surface area contributed by atoms with Crippen LogP contribution in [0.15, 0.2) is 107 Å². The lowest BCUT2D eigenvalue weighted by Crippen LogP contribution is -2.62. The number of benzene rings is 6. The lowest BCUT2D eigenvalue weighted by Gasteiger charge is -2.50. The van der Waals surface area contributed by atoms with Crippen molar-refractivity contribution in [3.05, 3.63) is 153 Å². The number of rotatable bonds is 4. The second-order valence-corrected chi connectivity index (χ2v) is 24.8. The van der Waals surface area contributed by atoms with Crippen LogP contribution in [-0.2, 0) is 16.2 Å². The van der Waals surface area contributed by atoms with Crippen LogP contribution in [0.1, 0.15) is 138 Å². The molecule has 0 saturated carbocycles. The van der Waals surface area contributed by atoms with Crippen LogP contribution in [0, 0.1) is 27.7 Å². The van der Waals surface area contributed by atoms with Gasteiger partial charge >= 0.3 is 0 Å². The number of nitrogens with zero attached hydrogens (tertiary/aromatic N) is 2. The van der Waals surface area contributed by atoms with Gasteiger partial charge in [0.15, 0.2) is 0 Å². The smallest absolute Gasteiger partial charge is 0.227 e. The Kier molecular flexibility index (Phi) is 10.1. The van der Waals surface area contributed by atoms with E-state index in [2.05, 4.69) is 228 Å². The van der Waals surface area contributed by atoms with Gasteiger partial charge in [0.05, 0.1) is 11.1 Å². The average Bonchev–Trinajstić information content (AvgIpc) is 3.82. The Bertz CT molecular complexity index is 2990. The fourth-order valence-corrected chi connectivity index (χ4v) is 13.6. The van der Waals surface area contributed by atoms with Crippen LogP contribution in [0.25, 0.3) is 21.2 Å². The molecule has 1 aromatic heterocycles. The van der Waals surface area contributed by atoms with Crippen molar-refractivity contribution in [1.82, 2.24) is 0 Å². The molecule has 0 fully saturated rings. The van der Waals surface area contributed by atoms with Crippen LogP contribution in [0.5, 0.6) is 0 Å². The van der Waals surface area contributed by atoms with Crippen LogP contribution in [0.3, 0.4) is 0 Å². The quantitative estimate of drug-likeness (QED) is 0.163. The Morgan fingerprint density at radius 1 is 0.594 bits per heavy atom. The van der Waals surface area contributed by atoms with Gasteiger partial charge in [0, 0.05) is 49.1 Å². The van der Waals surface area contributed by atoms with Gasteiger partial charge < -0.3 is 9.80 Å². The van der Waals surface area contributed by atoms with Crippen LogP contribution >= 0.6 is 23.1 Å². The van der Waals surface area contributed by atoms with Gasteiger partial charge in [-0.15, -0.1) is 23.1 Å². The predicted molar refractivity (Wildman–Crippen MR) is 284 cm³/mol. The number of hydrogen-bond acceptors (Lipinski definition) is 4. The predicted octanol–water partition coefficient (Wildman–Crippen LogP) is 16.1. The molecule has 0 radical (unpaired) electrons. The first kappa shape index (κ1) is 43.2. The Balaban J connectivity index is 1.33. The van der Waals surface area contributed by atoms with E-state index in [1.165, 1.54) is 116 Å². The molecule has 10 rings (SSSR count). The molecule has 0 spiro atoms. The average molecular weight is 877 g/mol. The lowest BCUT2D eigenvalue weighted by atomic mass is 9.29. The second-order valence-electron chi connectivity index (χ2n) is 22.7. The zero-order valence-corrected chi connectivity index (χ0v) is 42.5. The van der Waals surface area contributed by atoms with Crippen molar-refractivity contribution in [3.63, 3.8) is 0 Å². The highest BCUT2D eigenvalue weighted by Gasteiger charge is 2.55. The van der Waals surface area contributed by atoms with Gasteiger partial charge in [0.1, 0.15) is 0 Å². The first-order valence-corrected chi connectivity index (χ1v) is 25.3. The summed E-state index contributed by atoms with van der Waals surface area (Å²) in [6, 6.07) is 38.9. The molecule has 5 heteroatoms. The van der Waals surface area contributed by atoms with Gasteiger partial charge in [-0.3, -0.25) is 0 Å². The third-order valence-corrected chi connectivity index (χ3v) is 17.0. The molecule has 0 aliphatic carbocycles. The lowest BCUT2D eigenvalue weighted by molar-refractivity contribution is 0.588. The number of fused-ring (bicyclic) bond motifs is 7. The number of aryl methyl sites for hydroxylation is 4. The zero-order valence-electron chi connectivity index (χ0n) is 40.8. The normalized spacial score (nSPS) is 17.0. The highest BCUT2D eigenvalue weighted by Crippen LogP contribution is 2.58. The minimum absolute atomic E-state index is 0.0328. The van der Waals surface area contributed by atoms with Gasteiger partial charge in [-0.1, -0.05) is 143 Å². The standard InChI is InChI=1S/C59H65BN2S2/c1-33(2)39-29-48-53-49(30-39)62(55-36(5)26-42(27-37(55)6)59(13,14)15)56-52(44-31-40(57(7,8)9)21-23-51(44)64-56)60(53)46-22-20-38(45-32-63-50-19-17-16-18-43(45)50)28-47(46)61(48)54-34(3)24-41(25-35(54)4)58(10,11)12/h16-33,52,56H,1-15H3. The molecular weight excluding hydrogens is 812 g/mol. The molecule has 64 heavy (non-hydrogen) atoms. The first-order chi connectivity index (χ1) is 30.1. The number of anilines is 5. The zero-order chi connectivity index (χ0) is 45.5. The summed E-state index contributed by atoms with van der Waals surface area (Å²) in [6.45, 7) is 35.5. The van der Waals surface area contributed by atoms with Crippen LogP contribution < -0.4 is 20.7 Å². The summed E-state index contributed by atoms with van der Waals surface area (Å²) in [4.78, 5) is 6.95. The van der Waals surface area contributed by atoms with E-state index >= 15 is 0 Å². The molecule has 7 aromatic rings. The highest BCUT2D eigenvalue weighted by molar-refractivity contribution is 8.00. The van der Waals surface area contributed by atoms with Gasteiger partial charge in [0.25, 0.3) is 0 Å². The number of thioether (sulfide) groups is 1.